The first-order valence-electron chi connectivity index (χ1n) is 6.39. The largest absolute Gasteiger partial charge is 0.480 e. The van der Waals surface area contributed by atoms with E-state index in [1.54, 1.807) is 31.7 Å². The highest BCUT2D eigenvalue weighted by atomic mass is 16.4. The molecule has 1 aromatic heterocycles. The number of urea groups is 1. The number of aromatic nitrogens is 3. The smallest absolute Gasteiger partial charge is 0.326 e. The van der Waals surface area contributed by atoms with E-state index < -0.39 is 23.5 Å². The number of nitrogens with zero attached hydrogens (tertiary/aromatic N) is 3. The van der Waals surface area contributed by atoms with Crippen LogP contribution >= 0.6 is 0 Å². The minimum atomic E-state index is -1.07. The molecule has 0 saturated carbocycles. The van der Waals surface area contributed by atoms with Crippen LogP contribution in [0, 0.1) is 5.41 Å². The Morgan fingerprint density at radius 1 is 1.45 bits per heavy atom. The maximum Gasteiger partial charge on any atom is 0.326 e. The maximum absolute atomic E-state index is 11.8. The number of amides is 2. The lowest BCUT2D eigenvalue weighted by molar-refractivity contribution is -0.141. The highest BCUT2D eigenvalue weighted by molar-refractivity contribution is 5.83. The summed E-state index contributed by atoms with van der Waals surface area (Å²) in [5.74, 6) is -0.449. The second-order valence-corrected chi connectivity index (χ2v) is 5.50. The van der Waals surface area contributed by atoms with Gasteiger partial charge in [-0.15, -0.1) is 10.2 Å². The molecule has 0 aliphatic heterocycles. The van der Waals surface area contributed by atoms with Crippen LogP contribution in [0.25, 0.3) is 0 Å². The molecule has 3 N–H and O–H groups in total. The standard InChI is InChI=1S/C12H21N5O3/c1-5-17-7-14-16-8(17)6-13-11(20)15-9(10(18)19)12(2,3)4/h7,9H,5-6H2,1-4H3,(H,18,19)(H2,13,15,20)/t9-/m1/s1. The zero-order chi connectivity index (χ0) is 15.3. The van der Waals surface area contributed by atoms with Crippen LogP contribution in [-0.2, 0) is 17.9 Å². The average molecular weight is 283 g/mol. The lowest BCUT2D eigenvalue weighted by Gasteiger charge is -2.27. The van der Waals surface area contributed by atoms with Gasteiger partial charge in [-0.05, 0) is 12.3 Å². The van der Waals surface area contributed by atoms with E-state index in [9.17, 15) is 9.59 Å². The molecule has 2 amide bonds. The summed E-state index contributed by atoms with van der Waals surface area (Å²) in [6.45, 7) is 8.08. The van der Waals surface area contributed by atoms with E-state index in [4.69, 9.17) is 5.11 Å². The summed E-state index contributed by atoms with van der Waals surface area (Å²) in [5.41, 5.74) is -0.577. The Hall–Kier alpha value is -2.12. The Kier molecular flexibility index (Phi) is 5.06. The Morgan fingerprint density at radius 3 is 2.60 bits per heavy atom. The summed E-state index contributed by atoms with van der Waals surface area (Å²) in [6.07, 6.45) is 1.57. The number of carboxylic acids is 1. The summed E-state index contributed by atoms with van der Waals surface area (Å²) in [6, 6.07) is -1.51. The van der Waals surface area contributed by atoms with Gasteiger partial charge in [0, 0.05) is 6.54 Å². The molecule has 0 aliphatic carbocycles. The van der Waals surface area contributed by atoms with Crippen molar-refractivity contribution in [2.45, 2.75) is 46.8 Å². The molecule has 1 heterocycles. The third-order valence-electron chi connectivity index (χ3n) is 2.83. The van der Waals surface area contributed by atoms with Crippen LogP contribution in [0.15, 0.2) is 6.33 Å². The van der Waals surface area contributed by atoms with Gasteiger partial charge in [0.15, 0.2) is 5.82 Å². The highest BCUT2D eigenvalue weighted by Crippen LogP contribution is 2.19. The molecule has 0 radical (unpaired) electrons. The van der Waals surface area contributed by atoms with Crippen LogP contribution in [-0.4, -0.2) is 37.9 Å². The highest BCUT2D eigenvalue weighted by Gasteiger charge is 2.32. The summed E-state index contributed by atoms with van der Waals surface area (Å²) in [5, 5.41) is 21.8. The van der Waals surface area contributed by atoms with Crippen molar-refractivity contribution in [3.05, 3.63) is 12.2 Å². The van der Waals surface area contributed by atoms with Crippen molar-refractivity contribution in [3.8, 4) is 0 Å². The normalized spacial score (nSPS) is 12.8. The molecule has 0 aromatic carbocycles. The van der Waals surface area contributed by atoms with Crippen molar-refractivity contribution in [1.29, 1.82) is 0 Å². The molecule has 0 unspecified atom stereocenters. The van der Waals surface area contributed by atoms with Crippen LogP contribution in [0.2, 0.25) is 0 Å². The van der Waals surface area contributed by atoms with Gasteiger partial charge in [-0.1, -0.05) is 20.8 Å². The SMILES string of the molecule is CCn1cnnc1CNC(=O)N[C@H](C(=O)O)C(C)(C)C. The van der Waals surface area contributed by atoms with E-state index in [-0.39, 0.29) is 6.54 Å². The number of aliphatic carboxylic acids is 1. The third-order valence-corrected chi connectivity index (χ3v) is 2.83. The van der Waals surface area contributed by atoms with Gasteiger partial charge in [-0.3, -0.25) is 0 Å². The predicted octanol–water partition coefficient (Wildman–Crippen LogP) is 0.596. The first-order valence-corrected chi connectivity index (χ1v) is 6.39. The molecule has 1 aromatic rings. The Morgan fingerprint density at radius 2 is 2.10 bits per heavy atom. The van der Waals surface area contributed by atoms with Gasteiger partial charge in [0.05, 0.1) is 6.54 Å². The quantitative estimate of drug-likeness (QED) is 0.733. The summed E-state index contributed by atoms with van der Waals surface area (Å²) < 4.78 is 1.79. The van der Waals surface area contributed by atoms with Crippen LogP contribution in [0.1, 0.15) is 33.5 Å². The molecule has 0 aliphatic rings. The van der Waals surface area contributed by atoms with E-state index in [0.717, 1.165) is 0 Å². The Balaban J connectivity index is 2.57. The Bertz CT molecular complexity index is 478. The number of carboxylic acid groups (broad SMARTS) is 1. The second kappa shape index (κ2) is 6.36. The summed E-state index contributed by atoms with van der Waals surface area (Å²) in [4.78, 5) is 22.9. The second-order valence-electron chi connectivity index (χ2n) is 5.50. The van der Waals surface area contributed by atoms with Crippen molar-refractivity contribution in [2.75, 3.05) is 0 Å². The number of hydrogen-bond acceptors (Lipinski definition) is 4. The van der Waals surface area contributed by atoms with Gasteiger partial charge in [0.25, 0.3) is 0 Å². The molecule has 1 rings (SSSR count). The molecule has 0 bridgehead atoms. The fourth-order valence-corrected chi connectivity index (χ4v) is 1.67. The molecule has 0 saturated heterocycles. The van der Waals surface area contributed by atoms with Crippen molar-refractivity contribution < 1.29 is 14.7 Å². The van der Waals surface area contributed by atoms with Crippen molar-refractivity contribution in [3.63, 3.8) is 0 Å². The molecular weight excluding hydrogens is 262 g/mol. The van der Waals surface area contributed by atoms with Crippen LogP contribution in [0.5, 0.6) is 0 Å². The fraction of sp³-hybridized carbons (Fsp3) is 0.667. The third kappa shape index (κ3) is 4.22. The van der Waals surface area contributed by atoms with Gasteiger partial charge in [-0.2, -0.15) is 0 Å². The molecule has 8 nitrogen and oxygen atoms in total. The van der Waals surface area contributed by atoms with Crippen molar-refractivity contribution >= 4 is 12.0 Å². The number of nitrogens with one attached hydrogen (secondary N) is 2. The minimum Gasteiger partial charge on any atom is -0.480 e. The fourth-order valence-electron chi connectivity index (χ4n) is 1.67. The summed E-state index contributed by atoms with van der Waals surface area (Å²) in [7, 11) is 0. The number of carbonyl (C=O) groups is 2. The van der Waals surface area contributed by atoms with E-state index in [1.165, 1.54) is 0 Å². The summed E-state index contributed by atoms with van der Waals surface area (Å²) >= 11 is 0. The maximum atomic E-state index is 11.8. The molecule has 112 valence electrons. The number of rotatable bonds is 5. The molecular formula is C12H21N5O3. The van der Waals surface area contributed by atoms with Gasteiger partial charge < -0.3 is 20.3 Å². The van der Waals surface area contributed by atoms with Crippen LogP contribution in [0.3, 0.4) is 0 Å². The van der Waals surface area contributed by atoms with Gasteiger partial charge in [0.2, 0.25) is 0 Å². The zero-order valence-electron chi connectivity index (χ0n) is 12.2. The van der Waals surface area contributed by atoms with Gasteiger partial charge in [-0.25, -0.2) is 9.59 Å². The first-order chi connectivity index (χ1) is 9.25. The monoisotopic (exact) mass is 283 g/mol. The lowest BCUT2D eigenvalue weighted by Crippen LogP contribution is -2.52. The van der Waals surface area contributed by atoms with Crippen LogP contribution < -0.4 is 10.6 Å². The number of carbonyl (C=O) groups excluding carboxylic acids is 1. The average Bonchev–Trinajstić information content (AvgIpc) is 2.78. The zero-order valence-corrected chi connectivity index (χ0v) is 12.2. The van der Waals surface area contributed by atoms with E-state index in [2.05, 4.69) is 20.8 Å². The van der Waals surface area contributed by atoms with Crippen molar-refractivity contribution in [1.82, 2.24) is 25.4 Å². The molecule has 8 heteroatoms. The molecule has 0 spiro atoms. The van der Waals surface area contributed by atoms with E-state index >= 15 is 0 Å². The van der Waals surface area contributed by atoms with Gasteiger partial charge >= 0.3 is 12.0 Å². The number of aryl methyl sites for hydroxylation is 1. The van der Waals surface area contributed by atoms with E-state index in [0.29, 0.717) is 12.4 Å². The van der Waals surface area contributed by atoms with E-state index in [1.807, 2.05) is 6.92 Å². The molecule has 1 atom stereocenters. The van der Waals surface area contributed by atoms with Crippen LogP contribution in [0.4, 0.5) is 4.79 Å². The predicted molar refractivity (Wildman–Crippen MR) is 71.9 cm³/mol. The Labute approximate surface area is 117 Å². The molecule has 20 heavy (non-hydrogen) atoms. The van der Waals surface area contributed by atoms with Crippen molar-refractivity contribution in [2.24, 2.45) is 5.41 Å². The molecule has 0 fully saturated rings. The topological polar surface area (TPSA) is 109 Å². The first kappa shape index (κ1) is 15.9. The van der Waals surface area contributed by atoms with Gasteiger partial charge in [0.1, 0.15) is 12.4 Å². The minimum absolute atomic E-state index is 0.191. The number of hydrogen-bond donors (Lipinski definition) is 3. The lowest BCUT2D eigenvalue weighted by atomic mass is 9.87.